The standard InChI is InChI=1S/C53H33N3S/c1-3-13-35(14-4-1)45-32-39(33-46(54-45)36-15-5-2-6-16-36)56-47-20-10-7-17-40(47)42-28-29-49-52(53(42)56)43-19-8-11-21-48(43)55(49)38-26-23-34(24-27-38)37-25-30-51-44(31-37)41-18-9-12-22-50(41)57-51/h1-33H. The third kappa shape index (κ3) is 5.01. The van der Waals surface area contributed by atoms with Crippen LogP contribution in [0.3, 0.4) is 0 Å². The average Bonchev–Trinajstić information content (AvgIpc) is 3.94. The molecule has 12 aromatic rings. The Balaban J connectivity index is 1.09. The van der Waals surface area contributed by atoms with Crippen LogP contribution in [0.5, 0.6) is 0 Å². The fourth-order valence-corrected chi connectivity index (χ4v) is 10.0. The maximum absolute atomic E-state index is 5.24. The summed E-state index contributed by atoms with van der Waals surface area (Å²) in [4.78, 5) is 5.24. The van der Waals surface area contributed by atoms with Gasteiger partial charge in [0.1, 0.15) is 0 Å². The lowest BCUT2D eigenvalue weighted by molar-refractivity contribution is 1.16. The van der Waals surface area contributed by atoms with Gasteiger partial charge in [0.05, 0.1) is 39.1 Å². The number of nitrogens with zero attached hydrogens (tertiary/aromatic N) is 3. The number of thiophene rings is 1. The summed E-state index contributed by atoms with van der Waals surface area (Å²) in [5.41, 5.74) is 13.4. The molecule has 0 amide bonds. The summed E-state index contributed by atoms with van der Waals surface area (Å²) in [6.45, 7) is 0. The van der Waals surface area contributed by atoms with Crippen molar-refractivity contribution in [2.75, 3.05) is 0 Å². The van der Waals surface area contributed by atoms with Crippen molar-refractivity contribution in [3.63, 3.8) is 0 Å². The van der Waals surface area contributed by atoms with Gasteiger partial charge in [-0.25, -0.2) is 4.98 Å². The lowest BCUT2D eigenvalue weighted by Crippen LogP contribution is -1.99. The fourth-order valence-electron chi connectivity index (χ4n) is 8.92. The van der Waals surface area contributed by atoms with Crippen molar-refractivity contribution in [3.05, 3.63) is 200 Å². The van der Waals surface area contributed by atoms with Crippen LogP contribution in [0.1, 0.15) is 0 Å². The number of para-hydroxylation sites is 2. The second kappa shape index (κ2) is 12.6. The number of benzene rings is 8. The predicted molar refractivity (Wildman–Crippen MR) is 242 cm³/mol. The van der Waals surface area contributed by atoms with E-state index in [0.717, 1.165) is 33.9 Å². The SMILES string of the molecule is c1ccc(-c2cc(-n3c4ccccc4c4ccc5c(c6ccccc6n5-c5ccc(-c6ccc7sc8ccccc8c7c6)cc5)c43)cc(-c3ccccc3)n2)cc1. The van der Waals surface area contributed by atoms with E-state index < -0.39 is 0 Å². The fraction of sp³-hybridized carbons (Fsp3) is 0. The van der Waals surface area contributed by atoms with Crippen LogP contribution >= 0.6 is 11.3 Å². The Bertz CT molecular complexity index is 3440. The first kappa shape index (κ1) is 32.0. The van der Waals surface area contributed by atoms with Gasteiger partial charge in [-0.3, -0.25) is 0 Å². The molecule has 3 nitrogen and oxygen atoms in total. The molecular formula is C53H33N3S. The highest BCUT2D eigenvalue weighted by Crippen LogP contribution is 2.43. The summed E-state index contributed by atoms with van der Waals surface area (Å²) in [5.74, 6) is 0. The first-order valence-corrected chi connectivity index (χ1v) is 20.2. The second-order valence-corrected chi connectivity index (χ2v) is 15.8. The Hall–Kier alpha value is -7.27. The van der Waals surface area contributed by atoms with Crippen molar-refractivity contribution in [1.29, 1.82) is 0 Å². The first-order valence-electron chi connectivity index (χ1n) is 19.4. The van der Waals surface area contributed by atoms with Crippen LogP contribution in [-0.2, 0) is 0 Å². The maximum atomic E-state index is 5.24. The zero-order valence-corrected chi connectivity index (χ0v) is 31.6. The van der Waals surface area contributed by atoms with Crippen LogP contribution in [0.15, 0.2) is 200 Å². The Morgan fingerprint density at radius 2 is 0.912 bits per heavy atom. The minimum Gasteiger partial charge on any atom is -0.309 e. The number of rotatable bonds is 5. The van der Waals surface area contributed by atoms with E-state index in [1.54, 1.807) is 0 Å². The summed E-state index contributed by atoms with van der Waals surface area (Å²) < 4.78 is 7.56. The zero-order valence-electron chi connectivity index (χ0n) is 30.8. The molecule has 0 radical (unpaired) electrons. The molecule has 0 aliphatic carbocycles. The lowest BCUT2D eigenvalue weighted by Gasteiger charge is -2.14. The van der Waals surface area contributed by atoms with E-state index in [2.05, 4.69) is 209 Å². The molecular weight excluding hydrogens is 711 g/mol. The smallest absolute Gasteiger partial charge is 0.0730 e. The van der Waals surface area contributed by atoms with E-state index in [9.17, 15) is 0 Å². The van der Waals surface area contributed by atoms with Crippen molar-refractivity contribution in [3.8, 4) is 45.0 Å². The number of pyridine rings is 1. The number of fused-ring (bicyclic) bond motifs is 10. The topological polar surface area (TPSA) is 22.8 Å². The summed E-state index contributed by atoms with van der Waals surface area (Å²) in [5, 5.41) is 7.56. The maximum Gasteiger partial charge on any atom is 0.0730 e. The molecule has 4 heteroatoms. The molecule has 4 aromatic heterocycles. The minimum absolute atomic E-state index is 0.943. The quantitative estimate of drug-likeness (QED) is 0.172. The summed E-state index contributed by atoms with van der Waals surface area (Å²) in [7, 11) is 0. The molecule has 0 saturated carbocycles. The summed E-state index contributed by atoms with van der Waals surface area (Å²) in [6.07, 6.45) is 0. The van der Waals surface area contributed by atoms with Gasteiger partial charge >= 0.3 is 0 Å². The van der Waals surface area contributed by atoms with Gasteiger partial charge in [-0.2, -0.15) is 0 Å². The van der Waals surface area contributed by atoms with Gasteiger partial charge in [-0.1, -0.05) is 140 Å². The molecule has 57 heavy (non-hydrogen) atoms. The van der Waals surface area contributed by atoms with Crippen molar-refractivity contribution in [2.45, 2.75) is 0 Å². The molecule has 12 rings (SSSR count). The Kier molecular flexibility index (Phi) is 7.10. The molecule has 0 bridgehead atoms. The minimum atomic E-state index is 0.943. The van der Waals surface area contributed by atoms with Crippen LogP contribution in [0.4, 0.5) is 0 Å². The van der Waals surface area contributed by atoms with Gasteiger partial charge in [0.2, 0.25) is 0 Å². The molecule has 8 aromatic carbocycles. The van der Waals surface area contributed by atoms with Crippen LogP contribution in [0, 0.1) is 0 Å². The van der Waals surface area contributed by atoms with E-state index >= 15 is 0 Å². The highest BCUT2D eigenvalue weighted by Gasteiger charge is 2.22. The third-order valence-corrected chi connectivity index (χ3v) is 12.7. The molecule has 0 aliphatic rings. The molecule has 266 valence electrons. The van der Waals surface area contributed by atoms with E-state index in [1.807, 2.05) is 11.3 Å². The number of hydrogen-bond donors (Lipinski definition) is 0. The lowest BCUT2D eigenvalue weighted by atomic mass is 10.0. The molecule has 0 aliphatic heterocycles. The van der Waals surface area contributed by atoms with Gasteiger partial charge in [0, 0.05) is 58.5 Å². The van der Waals surface area contributed by atoms with Crippen LogP contribution in [0.25, 0.3) is 109 Å². The number of aromatic nitrogens is 3. The molecule has 0 saturated heterocycles. The van der Waals surface area contributed by atoms with Crippen molar-refractivity contribution < 1.29 is 0 Å². The Morgan fingerprint density at radius 1 is 0.333 bits per heavy atom. The highest BCUT2D eigenvalue weighted by atomic mass is 32.1. The predicted octanol–water partition coefficient (Wildman–Crippen LogP) is 14.6. The highest BCUT2D eigenvalue weighted by molar-refractivity contribution is 7.25. The Morgan fingerprint density at radius 3 is 1.63 bits per heavy atom. The van der Waals surface area contributed by atoms with Gasteiger partial charge in [0.25, 0.3) is 0 Å². The van der Waals surface area contributed by atoms with E-state index in [1.165, 1.54) is 74.9 Å². The van der Waals surface area contributed by atoms with Gasteiger partial charge < -0.3 is 9.13 Å². The van der Waals surface area contributed by atoms with E-state index in [0.29, 0.717) is 0 Å². The normalized spacial score (nSPS) is 11.9. The molecule has 0 unspecified atom stereocenters. The monoisotopic (exact) mass is 743 g/mol. The molecule has 4 heterocycles. The average molecular weight is 744 g/mol. The van der Waals surface area contributed by atoms with Gasteiger partial charge in [-0.15, -0.1) is 11.3 Å². The van der Waals surface area contributed by atoms with E-state index in [4.69, 9.17) is 4.98 Å². The Labute approximate surface area is 333 Å². The third-order valence-electron chi connectivity index (χ3n) is 11.5. The largest absolute Gasteiger partial charge is 0.309 e. The van der Waals surface area contributed by atoms with Crippen molar-refractivity contribution in [1.82, 2.24) is 14.1 Å². The van der Waals surface area contributed by atoms with Crippen LogP contribution in [-0.4, -0.2) is 14.1 Å². The first-order chi connectivity index (χ1) is 28.3. The molecule has 0 N–H and O–H groups in total. The molecule has 0 atom stereocenters. The van der Waals surface area contributed by atoms with Crippen molar-refractivity contribution in [2.24, 2.45) is 0 Å². The molecule has 0 spiro atoms. The van der Waals surface area contributed by atoms with Crippen LogP contribution < -0.4 is 0 Å². The van der Waals surface area contributed by atoms with Gasteiger partial charge in [0.15, 0.2) is 0 Å². The summed E-state index contributed by atoms with van der Waals surface area (Å²) in [6, 6.07) is 72.5. The molecule has 0 fully saturated rings. The van der Waals surface area contributed by atoms with Crippen LogP contribution in [0.2, 0.25) is 0 Å². The van der Waals surface area contributed by atoms with Gasteiger partial charge in [-0.05, 0) is 71.8 Å². The summed E-state index contributed by atoms with van der Waals surface area (Å²) >= 11 is 1.86. The second-order valence-electron chi connectivity index (χ2n) is 14.7. The number of hydrogen-bond acceptors (Lipinski definition) is 2. The van der Waals surface area contributed by atoms with Crippen molar-refractivity contribution >= 4 is 75.1 Å². The zero-order chi connectivity index (χ0) is 37.5. The van der Waals surface area contributed by atoms with E-state index in [-0.39, 0.29) is 0 Å².